The third-order valence-corrected chi connectivity index (χ3v) is 22.0. The van der Waals surface area contributed by atoms with Crippen molar-refractivity contribution in [3.05, 3.63) is 313 Å². The summed E-state index contributed by atoms with van der Waals surface area (Å²) in [7, 11) is -1.68. The van der Waals surface area contributed by atoms with Crippen molar-refractivity contribution in [3.8, 4) is 55.1 Å². The zero-order valence-corrected chi connectivity index (χ0v) is 43.9. The average Bonchev–Trinajstić information content (AvgIpc) is 4.19. The molecule has 0 N–H and O–H groups in total. The third kappa shape index (κ3) is 6.41. The summed E-state index contributed by atoms with van der Waals surface area (Å²) in [5.74, 6) is 0. The highest BCUT2D eigenvalue weighted by molar-refractivity contribution is 7.68. The van der Waals surface area contributed by atoms with Crippen LogP contribution in [0.1, 0.15) is 22.3 Å². The topological polar surface area (TPSA) is 0 Å². The highest BCUT2D eigenvalue weighted by Gasteiger charge is 2.47. The van der Waals surface area contributed by atoms with Gasteiger partial charge in [0.2, 0.25) is 0 Å². The molecule has 0 saturated heterocycles. The van der Waals surface area contributed by atoms with Crippen molar-refractivity contribution in [2.24, 2.45) is 0 Å². The van der Waals surface area contributed by atoms with E-state index >= 15 is 0 Å². The zero-order valence-electron chi connectivity index (χ0n) is 42.1. The molecule has 0 radical (unpaired) electrons. The van der Waals surface area contributed by atoms with E-state index in [0.717, 1.165) is 0 Å². The molecule has 2 atom stereocenters. The van der Waals surface area contributed by atoms with Gasteiger partial charge in [-0.05, 0) is 127 Å². The first kappa shape index (κ1) is 44.3. The highest BCUT2D eigenvalue weighted by atomic mass is 31.1. The van der Waals surface area contributed by atoms with Crippen LogP contribution >= 0.6 is 15.1 Å². The molecule has 1 aliphatic rings. The maximum atomic E-state index is 2.58. The van der Waals surface area contributed by atoms with Crippen molar-refractivity contribution >= 4 is 78.6 Å². The molecule has 13 aromatic carbocycles. The molecule has 0 bridgehead atoms. The first-order valence-corrected chi connectivity index (χ1v) is 29.4. The minimum atomic E-state index is -0.839. The standard InChI is InChI=1S/C75H48P2/c1-5-24-49(25-6-1)75(50-26-7-2-8-27-50)67-44-16-13-34-63(67)72-64(43-23-45-68(72)75)71-57-37-19-35-53(59-39-21-41-61-55-32-14-17-46-69(55)76(73(59)61)51-28-9-3-10-29-51)65(57)48-66-54(36-20-38-58(66)71)60-40-22-42-62-56-33-15-18-47-70(56)77(74(60)62)52-30-11-4-12-31-52/h1-48H. The van der Waals surface area contributed by atoms with Gasteiger partial charge >= 0.3 is 0 Å². The molecule has 0 nitrogen and oxygen atoms in total. The average molecular weight is 1010 g/mol. The number of fused-ring (bicyclic) bond motifs is 11. The van der Waals surface area contributed by atoms with Crippen LogP contribution in [0.5, 0.6) is 0 Å². The van der Waals surface area contributed by atoms with Gasteiger partial charge in [-0.25, -0.2) is 0 Å². The van der Waals surface area contributed by atoms with Gasteiger partial charge in [-0.2, -0.15) is 0 Å². The molecule has 2 heteroatoms. The van der Waals surface area contributed by atoms with Crippen LogP contribution < -0.4 is 0 Å². The second-order valence-electron chi connectivity index (χ2n) is 20.6. The van der Waals surface area contributed by atoms with Crippen molar-refractivity contribution < 1.29 is 0 Å². The normalized spacial score (nSPS) is 13.2. The molecule has 15 aromatic rings. The van der Waals surface area contributed by atoms with Crippen molar-refractivity contribution in [1.29, 1.82) is 0 Å². The molecule has 0 saturated carbocycles. The van der Waals surface area contributed by atoms with Crippen molar-refractivity contribution in [3.63, 3.8) is 0 Å². The molecule has 2 heterocycles. The van der Waals surface area contributed by atoms with Gasteiger partial charge < -0.3 is 0 Å². The van der Waals surface area contributed by atoms with Crippen LogP contribution in [-0.4, -0.2) is 0 Å². The quantitative estimate of drug-likeness (QED) is 0.140. The first-order chi connectivity index (χ1) is 38.3. The lowest BCUT2D eigenvalue weighted by Crippen LogP contribution is -2.28. The van der Waals surface area contributed by atoms with Crippen LogP contribution in [0.4, 0.5) is 0 Å². The van der Waals surface area contributed by atoms with Crippen LogP contribution in [0, 0.1) is 0 Å². The Kier molecular flexibility index (Phi) is 10.1. The van der Waals surface area contributed by atoms with Gasteiger partial charge in [-0.1, -0.05) is 300 Å². The van der Waals surface area contributed by atoms with Crippen LogP contribution in [0.2, 0.25) is 0 Å². The molecule has 77 heavy (non-hydrogen) atoms. The van der Waals surface area contributed by atoms with Crippen LogP contribution in [-0.2, 0) is 5.41 Å². The summed E-state index contributed by atoms with van der Waals surface area (Å²) in [6, 6.07) is 111. The van der Waals surface area contributed by atoms with E-state index in [1.165, 1.54) is 141 Å². The van der Waals surface area contributed by atoms with Crippen LogP contribution in [0.15, 0.2) is 291 Å². The van der Waals surface area contributed by atoms with Gasteiger partial charge in [0.05, 0.1) is 5.41 Å². The second-order valence-corrected chi connectivity index (χ2v) is 24.8. The molecular formula is C75H48P2. The number of rotatable bonds is 7. The van der Waals surface area contributed by atoms with Crippen molar-refractivity contribution in [2.75, 3.05) is 0 Å². The van der Waals surface area contributed by atoms with Gasteiger partial charge in [0.1, 0.15) is 0 Å². The zero-order chi connectivity index (χ0) is 50.6. The van der Waals surface area contributed by atoms with E-state index in [2.05, 4.69) is 291 Å². The Bertz CT molecular complexity index is 4580. The smallest absolute Gasteiger partial charge is 0.0713 e. The predicted molar refractivity (Wildman–Crippen MR) is 333 cm³/mol. The van der Waals surface area contributed by atoms with E-state index < -0.39 is 20.5 Å². The number of hydrogen-bond donors (Lipinski definition) is 0. The molecule has 2 aromatic heterocycles. The van der Waals surface area contributed by atoms with Gasteiger partial charge in [0.25, 0.3) is 0 Å². The third-order valence-electron chi connectivity index (χ3n) is 16.8. The summed E-state index contributed by atoms with van der Waals surface area (Å²) in [6.45, 7) is 0. The Morgan fingerprint density at radius 2 is 0.584 bits per heavy atom. The van der Waals surface area contributed by atoms with E-state index in [1.54, 1.807) is 0 Å². The molecule has 358 valence electrons. The predicted octanol–water partition coefficient (Wildman–Crippen LogP) is 21.9. The molecule has 16 rings (SSSR count). The van der Waals surface area contributed by atoms with Crippen LogP contribution in [0.25, 0.3) is 119 Å². The fourth-order valence-corrected chi connectivity index (χ4v) is 19.4. The second kappa shape index (κ2) is 17.5. The summed E-state index contributed by atoms with van der Waals surface area (Å²) in [5.41, 5.74) is 14.9. The lowest BCUT2D eigenvalue weighted by molar-refractivity contribution is 0.768. The van der Waals surface area contributed by atoms with Gasteiger partial charge in [-0.15, -0.1) is 0 Å². The molecule has 0 spiro atoms. The molecule has 2 unspecified atom stereocenters. The summed E-state index contributed by atoms with van der Waals surface area (Å²) in [4.78, 5) is 0. The van der Waals surface area contributed by atoms with E-state index in [1.807, 2.05) is 0 Å². The molecule has 0 amide bonds. The number of benzene rings is 13. The lowest BCUT2D eigenvalue weighted by atomic mass is 9.67. The van der Waals surface area contributed by atoms with Crippen molar-refractivity contribution in [1.82, 2.24) is 0 Å². The Morgan fingerprint density at radius 1 is 0.221 bits per heavy atom. The SMILES string of the molecule is c1ccc(-p2c3ccccc3c3cccc(-c4cccc5c(-c6cccc7c6-c6ccccc6C7(c6ccccc6)c6ccccc6)c6cccc(-c7cccc8c9ccccc9p(-c9ccccc9)c78)c6cc45)c32)cc1. The molecular weight excluding hydrogens is 963 g/mol. The summed E-state index contributed by atoms with van der Waals surface area (Å²) in [5, 5.41) is 18.9. The Balaban J connectivity index is 1.07. The summed E-state index contributed by atoms with van der Waals surface area (Å²) < 4.78 is 0. The van der Waals surface area contributed by atoms with Gasteiger partial charge in [-0.3, -0.25) is 0 Å². The van der Waals surface area contributed by atoms with Crippen molar-refractivity contribution in [2.45, 2.75) is 5.41 Å². The number of hydrogen-bond acceptors (Lipinski definition) is 0. The molecule has 0 fully saturated rings. The fourth-order valence-electron chi connectivity index (χ4n) is 13.8. The first-order valence-electron chi connectivity index (χ1n) is 26.8. The largest absolute Gasteiger partial charge is 0.0766 e. The Hall–Kier alpha value is -9.02. The fraction of sp³-hybridized carbons (Fsp3) is 0.0133. The maximum absolute atomic E-state index is 2.58. The lowest BCUT2D eigenvalue weighted by Gasteiger charge is -2.34. The van der Waals surface area contributed by atoms with Gasteiger partial charge in [0.15, 0.2) is 0 Å². The molecule has 1 aliphatic carbocycles. The van der Waals surface area contributed by atoms with E-state index in [4.69, 9.17) is 0 Å². The Labute approximate surface area is 449 Å². The Morgan fingerprint density at radius 3 is 1.10 bits per heavy atom. The minimum Gasteiger partial charge on any atom is -0.0766 e. The highest BCUT2D eigenvalue weighted by Crippen LogP contribution is 2.62. The monoisotopic (exact) mass is 1010 g/mol. The van der Waals surface area contributed by atoms with E-state index in [9.17, 15) is 0 Å². The molecule has 0 aliphatic heterocycles. The van der Waals surface area contributed by atoms with Crippen LogP contribution in [0.3, 0.4) is 0 Å². The van der Waals surface area contributed by atoms with E-state index in [-0.39, 0.29) is 0 Å². The van der Waals surface area contributed by atoms with E-state index in [0.29, 0.717) is 0 Å². The summed E-state index contributed by atoms with van der Waals surface area (Å²) in [6.07, 6.45) is 0. The maximum Gasteiger partial charge on any atom is 0.0713 e. The summed E-state index contributed by atoms with van der Waals surface area (Å²) >= 11 is 0. The van der Waals surface area contributed by atoms with Gasteiger partial charge in [0, 0.05) is 20.5 Å². The minimum absolute atomic E-state index is 0.538.